The molecule has 52 heavy (non-hydrogen) atoms. The van der Waals surface area contributed by atoms with E-state index in [1.54, 1.807) is 52.2 Å². The fourth-order valence-corrected chi connectivity index (χ4v) is 6.83. The molecule has 4 amide bonds. The molecular weight excluding hydrogens is 669 g/mol. The summed E-state index contributed by atoms with van der Waals surface area (Å²) in [6, 6.07) is 6.69. The number of aliphatic hydroxyl groups is 1. The Hall–Kier alpha value is -3.13. The fourth-order valence-electron chi connectivity index (χ4n) is 6.83. The lowest BCUT2D eigenvalue weighted by Crippen LogP contribution is -2.55. The molecular formula is C39H68FN5O7. The number of hydrogen-bond acceptors (Lipinski definition) is 8. The maximum atomic E-state index is 15.0. The number of rotatable bonds is 19. The lowest BCUT2D eigenvalue weighted by Gasteiger charge is -2.39. The number of benzene rings is 1. The van der Waals surface area contributed by atoms with Gasteiger partial charge in [-0.2, -0.15) is 0 Å². The van der Waals surface area contributed by atoms with Gasteiger partial charge in [0.15, 0.2) is 0 Å². The van der Waals surface area contributed by atoms with Gasteiger partial charge in [0.05, 0.1) is 67.9 Å². The zero-order chi connectivity index (χ0) is 39.7. The minimum absolute atomic E-state index is 0.00141. The van der Waals surface area contributed by atoms with Gasteiger partial charge in [0.25, 0.3) is 0 Å². The third-order valence-corrected chi connectivity index (χ3v) is 9.96. The van der Waals surface area contributed by atoms with Crippen molar-refractivity contribution < 1.29 is 38.1 Å². The predicted octanol–water partition coefficient (Wildman–Crippen LogP) is 3.87. The standard InChI is InChI=1S/C36H60FN5O7.C3H8/c1-11-22(4)32(41(8)30(44)19-39-36(47)31(38-7)21(2)3)28(48-9)18-29(43)42-20-26(37)17-27(42)34(49-10)23(5)35(46)40-24(6)33(45)25-15-13-12-14-16-25;1-3-2/h12-16,21-24,26-28,31-34,38,45H,11,17-20H2,1-10H3,(H,39,47)(H,40,46);3H2,1-2H3. The highest BCUT2D eigenvalue weighted by Gasteiger charge is 2.45. The molecule has 1 aliphatic heterocycles. The average molecular weight is 738 g/mol. The van der Waals surface area contributed by atoms with Crippen molar-refractivity contribution in [3.63, 3.8) is 0 Å². The summed E-state index contributed by atoms with van der Waals surface area (Å²) < 4.78 is 26.6. The number of hydrogen-bond donors (Lipinski definition) is 4. The maximum Gasteiger partial charge on any atom is 0.242 e. The van der Waals surface area contributed by atoms with Crippen molar-refractivity contribution in [3.05, 3.63) is 35.9 Å². The van der Waals surface area contributed by atoms with Crippen LogP contribution in [0.25, 0.3) is 0 Å². The van der Waals surface area contributed by atoms with E-state index in [4.69, 9.17) is 9.47 Å². The minimum Gasteiger partial charge on any atom is -0.386 e. The summed E-state index contributed by atoms with van der Waals surface area (Å²) in [5, 5.41) is 19.3. The van der Waals surface area contributed by atoms with E-state index >= 15 is 4.39 Å². The van der Waals surface area contributed by atoms with Crippen molar-refractivity contribution in [1.82, 2.24) is 25.8 Å². The third kappa shape index (κ3) is 13.4. The van der Waals surface area contributed by atoms with E-state index in [9.17, 15) is 24.3 Å². The Balaban J connectivity index is 0.00000434. The molecule has 0 spiro atoms. The first-order valence-corrected chi connectivity index (χ1v) is 18.8. The first kappa shape index (κ1) is 46.9. The van der Waals surface area contributed by atoms with Crippen LogP contribution in [0.15, 0.2) is 30.3 Å². The fraction of sp³-hybridized carbons (Fsp3) is 0.744. The Morgan fingerprint density at radius 3 is 2.10 bits per heavy atom. The molecule has 0 bridgehead atoms. The van der Waals surface area contributed by atoms with Crippen molar-refractivity contribution in [2.75, 3.05) is 41.4 Å². The zero-order valence-electron chi connectivity index (χ0n) is 33.6. The van der Waals surface area contributed by atoms with Gasteiger partial charge >= 0.3 is 0 Å². The summed E-state index contributed by atoms with van der Waals surface area (Å²) >= 11 is 0. The van der Waals surface area contributed by atoms with Crippen LogP contribution >= 0.6 is 0 Å². The third-order valence-electron chi connectivity index (χ3n) is 9.96. The summed E-state index contributed by atoms with van der Waals surface area (Å²) in [4.78, 5) is 56.2. The average Bonchev–Trinajstić information content (AvgIpc) is 3.51. The number of likely N-dealkylation sites (N-methyl/N-ethyl adjacent to an activating group) is 2. The van der Waals surface area contributed by atoms with Crippen LogP contribution in [0.5, 0.6) is 0 Å². The summed E-state index contributed by atoms with van der Waals surface area (Å²) in [6.45, 7) is 15.0. The molecule has 1 heterocycles. The summed E-state index contributed by atoms with van der Waals surface area (Å²) in [5.41, 5.74) is 0.660. The van der Waals surface area contributed by atoms with E-state index in [1.807, 2.05) is 33.8 Å². The van der Waals surface area contributed by atoms with Gasteiger partial charge in [-0.3, -0.25) is 19.2 Å². The van der Waals surface area contributed by atoms with Crippen LogP contribution in [0.2, 0.25) is 0 Å². The minimum atomic E-state index is -1.31. The molecule has 1 aliphatic rings. The van der Waals surface area contributed by atoms with Gasteiger partial charge < -0.3 is 40.3 Å². The highest BCUT2D eigenvalue weighted by atomic mass is 19.1. The highest BCUT2D eigenvalue weighted by Crippen LogP contribution is 2.31. The van der Waals surface area contributed by atoms with E-state index in [0.29, 0.717) is 12.0 Å². The Kier molecular flexibility index (Phi) is 21.2. The van der Waals surface area contributed by atoms with Crippen molar-refractivity contribution in [2.24, 2.45) is 17.8 Å². The number of nitrogens with zero attached hydrogens (tertiary/aromatic N) is 2. The number of amides is 4. The lowest BCUT2D eigenvalue weighted by atomic mass is 9.90. The van der Waals surface area contributed by atoms with E-state index < -0.39 is 60.5 Å². The monoisotopic (exact) mass is 738 g/mol. The van der Waals surface area contributed by atoms with E-state index in [0.717, 1.165) is 0 Å². The van der Waals surface area contributed by atoms with Gasteiger partial charge in [0.2, 0.25) is 23.6 Å². The van der Waals surface area contributed by atoms with Gasteiger partial charge in [-0.25, -0.2) is 4.39 Å². The van der Waals surface area contributed by atoms with Crippen LogP contribution in [0.1, 0.15) is 92.7 Å². The van der Waals surface area contributed by atoms with Crippen molar-refractivity contribution in [3.8, 4) is 0 Å². The smallest absolute Gasteiger partial charge is 0.242 e. The normalized spacial score (nSPS) is 20.3. The highest BCUT2D eigenvalue weighted by molar-refractivity contribution is 5.87. The van der Waals surface area contributed by atoms with Gasteiger partial charge in [-0.05, 0) is 31.4 Å². The molecule has 0 radical (unpaired) electrons. The number of alkyl halides is 1. The molecule has 10 atom stereocenters. The van der Waals surface area contributed by atoms with Gasteiger partial charge in [0, 0.05) is 27.7 Å². The zero-order valence-corrected chi connectivity index (χ0v) is 33.6. The summed E-state index contributed by atoms with van der Waals surface area (Å²) in [6.07, 6.45) is -2.00. The largest absolute Gasteiger partial charge is 0.386 e. The molecule has 1 aromatic rings. The molecule has 0 aromatic heterocycles. The van der Waals surface area contributed by atoms with Crippen LogP contribution in [-0.2, 0) is 28.7 Å². The number of ether oxygens (including phenoxy) is 2. The topological polar surface area (TPSA) is 150 Å². The summed E-state index contributed by atoms with van der Waals surface area (Å²) in [5.74, 6) is -2.21. The van der Waals surface area contributed by atoms with Crippen molar-refractivity contribution >= 4 is 23.6 Å². The quantitative estimate of drug-likeness (QED) is 0.167. The van der Waals surface area contributed by atoms with Crippen LogP contribution in [0, 0.1) is 17.8 Å². The molecule has 1 saturated heterocycles. The van der Waals surface area contributed by atoms with Crippen LogP contribution < -0.4 is 16.0 Å². The molecule has 4 N–H and O–H groups in total. The number of carbonyl (C=O) groups is 4. The van der Waals surface area contributed by atoms with E-state index in [-0.39, 0.29) is 55.5 Å². The molecule has 298 valence electrons. The number of nitrogens with one attached hydrogen (secondary N) is 3. The van der Waals surface area contributed by atoms with E-state index in [2.05, 4.69) is 29.8 Å². The number of likely N-dealkylation sites (tertiary alicyclic amines) is 1. The SMILES string of the molecule is CCC.CCC(C)C(C(CC(=O)N1CC(F)CC1C(OC)C(C)C(=O)NC(C)C(O)c1ccccc1)OC)N(C)C(=O)CNC(=O)C(NC)C(C)C. The Morgan fingerprint density at radius 1 is 1.00 bits per heavy atom. The molecule has 10 unspecified atom stereocenters. The number of methoxy groups -OCH3 is 2. The van der Waals surface area contributed by atoms with Crippen LogP contribution in [0.3, 0.4) is 0 Å². The van der Waals surface area contributed by atoms with Crippen LogP contribution in [-0.4, -0.2) is 122 Å². The Morgan fingerprint density at radius 2 is 1.60 bits per heavy atom. The second-order valence-electron chi connectivity index (χ2n) is 14.4. The maximum absolute atomic E-state index is 15.0. The second kappa shape index (κ2) is 23.5. The number of carbonyl (C=O) groups excluding carboxylic acids is 4. The molecule has 1 fully saturated rings. The first-order chi connectivity index (χ1) is 24.5. The number of aliphatic hydroxyl groups excluding tert-OH is 1. The molecule has 13 heteroatoms. The first-order valence-electron chi connectivity index (χ1n) is 18.8. The Bertz CT molecular complexity index is 1220. The molecule has 2 rings (SSSR count). The lowest BCUT2D eigenvalue weighted by molar-refractivity contribution is -0.146. The van der Waals surface area contributed by atoms with Gasteiger partial charge in [0.1, 0.15) is 6.17 Å². The van der Waals surface area contributed by atoms with Crippen LogP contribution in [0.4, 0.5) is 4.39 Å². The van der Waals surface area contributed by atoms with Gasteiger partial charge in [-0.15, -0.1) is 0 Å². The van der Waals surface area contributed by atoms with E-state index in [1.165, 1.54) is 30.4 Å². The van der Waals surface area contributed by atoms with Crippen molar-refractivity contribution in [2.45, 2.75) is 130 Å². The molecule has 1 aromatic carbocycles. The molecule has 12 nitrogen and oxygen atoms in total. The predicted molar refractivity (Wildman–Crippen MR) is 202 cm³/mol. The summed E-state index contributed by atoms with van der Waals surface area (Å²) in [7, 11) is 6.23. The number of halogens is 1. The van der Waals surface area contributed by atoms with Gasteiger partial charge in [-0.1, -0.05) is 91.6 Å². The Labute approximate surface area is 311 Å². The second-order valence-corrected chi connectivity index (χ2v) is 14.4. The molecule has 0 saturated carbocycles. The van der Waals surface area contributed by atoms with Crippen molar-refractivity contribution in [1.29, 1.82) is 0 Å². The molecule has 0 aliphatic carbocycles.